The van der Waals surface area contributed by atoms with Crippen LogP contribution < -0.4 is 9.64 Å². The van der Waals surface area contributed by atoms with E-state index in [0.717, 1.165) is 25.9 Å². The van der Waals surface area contributed by atoms with Gasteiger partial charge in [-0.05, 0) is 25.0 Å². The van der Waals surface area contributed by atoms with Crippen molar-refractivity contribution in [3.05, 3.63) is 23.8 Å². The van der Waals surface area contributed by atoms with Crippen molar-refractivity contribution in [3.63, 3.8) is 0 Å². The average molecular weight is 288 g/mol. The molecule has 0 atom stereocenters. The summed E-state index contributed by atoms with van der Waals surface area (Å²) in [5.74, 6) is -0.785. The van der Waals surface area contributed by atoms with Gasteiger partial charge in [-0.1, -0.05) is 0 Å². The highest BCUT2D eigenvalue weighted by molar-refractivity contribution is 6.52. The van der Waals surface area contributed by atoms with Crippen molar-refractivity contribution in [2.75, 3.05) is 31.6 Å². The molecule has 3 rings (SSSR count). The molecule has 1 saturated heterocycles. The number of ether oxygens (including phenoxy) is 1. The number of amides is 2. The zero-order valence-corrected chi connectivity index (χ0v) is 11.8. The molecule has 0 unspecified atom stereocenters. The number of nitrogens with zero attached hydrogens (tertiary/aromatic N) is 2. The van der Waals surface area contributed by atoms with Crippen molar-refractivity contribution >= 4 is 23.3 Å². The van der Waals surface area contributed by atoms with Crippen molar-refractivity contribution in [1.82, 2.24) is 4.90 Å². The maximum Gasteiger partial charge on any atom is 0.299 e. The molecule has 0 saturated carbocycles. The van der Waals surface area contributed by atoms with Crippen LogP contribution >= 0.6 is 0 Å². The minimum Gasteiger partial charge on any atom is -0.497 e. The Hall–Kier alpha value is -2.37. The number of likely N-dealkylation sites (tertiary alicyclic amines) is 1. The largest absolute Gasteiger partial charge is 0.497 e. The summed E-state index contributed by atoms with van der Waals surface area (Å²) >= 11 is 0. The van der Waals surface area contributed by atoms with Crippen LogP contribution in [0.15, 0.2) is 18.2 Å². The van der Waals surface area contributed by atoms with Crippen LogP contribution in [0, 0.1) is 0 Å². The molecule has 1 fully saturated rings. The Kier molecular flexibility index (Phi) is 3.37. The summed E-state index contributed by atoms with van der Waals surface area (Å²) in [5.41, 5.74) is 0.784. The van der Waals surface area contributed by atoms with Gasteiger partial charge in [0.1, 0.15) is 12.3 Å². The third-order valence-electron chi connectivity index (χ3n) is 3.93. The van der Waals surface area contributed by atoms with Gasteiger partial charge in [0.2, 0.25) is 5.91 Å². The molecular weight excluding hydrogens is 272 g/mol. The Labute approximate surface area is 122 Å². The molecule has 21 heavy (non-hydrogen) atoms. The number of ketones is 1. The van der Waals surface area contributed by atoms with Gasteiger partial charge in [0.25, 0.3) is 11.7 Å². The van der Waals surface area contributed by atoms with Gasteiger partial charge in [-0.2, -0.15) is 0 Å². The second-order valence-electron chi connectivity index (χ2n) is 5.19. The fourth-order valence-electron chi connectivity index (χ4n) is 2.76. The summed E-state index contributed by atoms with van der Waals surface area (Å²) in [6.07, 6.45) is 1.98. The van der Waals surface area contributed by atoms with E-state index in [2.05, 4.69) is 0 Å². The molecule has 0 N–H and O–H groups in total. The van der Waals surface area contributed by atoms with Gasteiger partial charge in [-0.25, -0.2) is 0 Å². The summed E-state index contributed by atoms with van der Waals surface area (Å²) in [4.78, 5) is 39.2. The standard InChI is InChI=1S/C15H16N2O4/c1-21-10-4-5-11-12(8-10)17(15(20)14(11)19)9-13(18)16-6-2-3-7-16/h4-5,8H,2-3,6-7,9H2,1H3. The van der Waals surface area contributed by atoms with Crippen LogP contribution in [0.25, 0.3) is 0 Å². The monoisotopic (exact) mass is 288 g/mol. The molecule has 2 aliphatic rings. The molecule has 6 heteroatoms. The highest BCUT2D eigenvalue weighted by Gasteiger charge is 2.37. The zero-order chi connectivity index (χ0) is 15.0. The number of benzene rings is 1. The topological polar surface area (TPSA) is 66.9 Å². The number of carbonyl (C=O) groups is 3. The molecule has 6 nitrogen and oxygen atoms in total. The van der Waals surface area contributed by atoms with E-state index in [-0.39, 0.29) is 12.5 Å². The second-order valence-corrected chi connectivity index (χ2v) is 5.19. The number of methoxy groups -OCH3 is 1. The van der Waals surface area contributed by atoms with E-state index in [0.29, 0.717) is 17.0 Å². The van der Waals surface area contributed by atoms with Crippen molar-refractivity contribution < 1.29 is 19.1 Å². The number of hydrogen-bond acceptors (Lipinski definition) is 4. The molecular formula is C15H16N2O4. The number of carbonyl (C=O) groups excluding carboxylic acids is 3. The molecule has 0 aliphatic carbocycles. The first-order valence-corrected chi connectivity index (χ1v) is 6.94. The van der Waals surface area contributed by atoms with E-state index in [1.165, 1.54) is 12.0 Å². The van der Waals surface area contributed by atoms with E-state index in [9.17, 15) is 14.4 Å². The quantitative estimate of drug-likeness (QED) is 0.773. The Bertz CT molecular complexity index is 620. The molecule has 0 radical (unpaired) electrons. The normalized spacial score (nSPS) is 17.4. The highest BCUT2D eigenvalue weighted by atomic mass is 16.5. The lowest BCUT2D eigenvalue weighted by atomic mass is 10.1. The molecule has 0 bridgehead atoms. The SMILES string of the molecule is COc1ccc2c(c1)N(CC(=O)N1CCCC1)C(=O)C2=O. The number of rotatable bonds is 3. The summed E-state index contributed by atoms with van der Waals surface area (Å²) in [6.45, 7) is 1.35. The fourth-order valence-corrected chi connectivity index (χ4v) is 2.76. The van der Waals surface area contributed by atoms with Crippen LogP contribution in [0.3, 0.4) is 0 Å². The second kappa shape index (κ2) is 5.20. The van der Waals surface area contributed by atoms with Gasteiger partial charge in [-0.15, -0.1) is 0 Å². The molecule has 0 aromatic heterocycles. The van der Waals surface area contributed by atoms with Crippen LogP contribution in [0.2, 0.25) is 0 Å². The molecule has 0 spiro atoms. The lowest BCUT2D eigenvalue weighted by Crippen LogP contribution is -2.41. The maximum absolute atomic E-state index is 12.2. The van der Waals surface area contributed by atoms with Crippen LogP contribution in [0.4, 0.5) is 5.69 Å². The van der Waals surface area contributed by atoms with E-state index in [4.69, 9.17) is 4.74 Å². The third-order valence-corrected chi connectivity index (χ3v) is 3.93. The molecule has 2 aliphatic heterocycles. The lowest BCUT2D eigenvalue weighted by molar-refractivity contribution is -0.129. The van der Waals surface area contributed by atoms with E-state index in [1.54, 1.807) is 23.1 Å². The molecule has 2 heterocycles. The van der Waals surface area contributed by atoms with Gasteiger partial charge >= 0.3 is 0 Å². The Balaban J connectivity index is 1.87. The predicted octanol–water partition coefficient (Wildman–Crippen LogP) is 0.847. The zero-order valence-electron chi connectivity index (χ0n) is 11.8. The first-order valence-electron chi connectivity index (χ1n) is 6.94. The Morgan fingerprint density at radius 3 is 2.62 bits per heavy atom. The van der Waals surface area contributed by atoms with Crippen LogP contribution in [-0.2, 0) is 9.59 Å². The highest BCUT2D eigenvalue weighted by Crippen LogP contribution is 2.32. The summed E-state index contributed by atoms with van der Waals surface area (Å²) in [5, 5.41) is 0. The number of Topliss-reactive ketones (excluding diaryl/α,β-unsaturated/α-hetero) is 1. The van der Waals surface area contributed by atoms with Crippen LogP contribution in [0.5, 0.6) is 5.75 Å². The van der Waals surface area contributed by atoms with E-state index >= 15 is 0 Å². The van der Waals surface area contributed by atoms with Gasteiger partial charge in [0, 0.05) is 19.2 Å². The van der Waals surface area contributed by atoms with E-state index in [1.807, 2.05) is 0 Å². The van der Waals surface area contributed by atoms with Crippen molar-refractivity contribution in [2.45, 2.75) is 12.8 Å². The number of anilines is 1. The summed E-state index contributed by atoms with van der Waals surface area (Å²) < 4.78 is 5.12. The Morgan fingerprint density at radius 2 is 1.95 bits per heavy atom. The van der Waals surface area contributed by atoms with Crippen LogP contribution in [-0.4, -0.2) is 49.2 Å². The van der Waals surface area contributed by atoms with Crippen molar-refractivity contribution in [3.8, 4) is 5.75 Å². The minimum atomic E-state index is -0.647. The predicted molar refractivity (Wildman–Crippen MR) is 75.5 cm³/mol. The average Bonchev–Trinajstić information content (AvgIpc) is 3.11. The maximum atomic E-state index is 12.2. The van der Waals surface area contributed by atoms with Gasteiger partial charge in [0.15, 0.2) is 0 Å². The summed E-state index contributed by atoms with van der Waals surface area (Å²) in [7, 11) is 1.51. The minimum absolute atomic E-state index is 0.0925. The smallest absolute Gasteiger partial charge is 0.299 e. The van der Waals surface area contributed by atoms with Crippen molar-refractivity contribution in [2.24, 2.45) is 0 Å². The molecule has 2 amide bonds. The first kappa shape index (κ1) is 13.6. The van der Waals surface area contributed by atoms with Gasteiger partial charge < -0.3 is 9.64 Å². The first-order chi connectivity index (χ1) is 10.1. The molecule has 110 valence electrons. The van der Waals surface area contributed by atoms with Crippen LogP contribution in [0.1, 0.15) is 23.2 Å². The van der Waals surface area contributed by atoms with Crippen molar-refractivity contribution in [1.29, 1.82) is 0 Å². The van der Waals surface area contributed by atoms with Gasteiger partial charge in [0.05, 0.1) is 18.4 Å². The number of hydrogen-bond donors (Lipinski definition) is 0. The summed E-state index contributed by atoms with van der Waals surface area (Å²) in [6, 6.07) is 4.82. The fraction of sp³-hybridized carbons (Fsp3) is 0.400. The molecule has 1 aromatic carbocycles. The third kappa shape index (κ3) is 2.26. The van der Waals surface area contributed by atoms with E-state index < -0.39 is 11.7 Å². The van der Waals surface area contributed by atoms with Gasteiger partial charge in [-0.3, -0.25) is 19.3 Å². The number of fused-ring (bicyclic) bond motifs is 1. The Morgan fingerprint density at radius 1 is 1.24 bits per heavy atom. The lowest BCUT2D eigenvalue weighted by Gasteiger charge is -2.21. The molecule has 1 aromatic rings.